The van der Waals surface area contributed by atoms with E-state index in [0.29, 0.717) is 32.0 Å². The van der Waals surface area contributed by atoms with Gasteiger partial charge in [0.1, 0.15) is 5.69 Å². The van der Waals surface area contributed by atoms with Gasteiger partial charge in [0, 0.05) is 24.0 Å². The second-order valence-electron chi connectivity index (χ2n) is 5.15. The lowest BCUT2D eigenvalue weighted by Gasteiger charge is -2.28. The Bertz CT molecular complexity index is 733. The molecule has 0 atom stereocenters. The number of amides is 1. The molecule has 1 aliphatic heterocycles. The number of morpholine rings is 1. The molecule has 21 heavy (non-hydrogen) atoms. The smallest absolute Gasteiger partial charge is 0.271 e. The number of nitrogens with two attached hydrogens (primary N) is 1. The predicted octanol–water partition coefficient (Wildman–Crippen LogP) is 0.392. The number of rotatable bonds is 3. The van der Waals surface area contributed by atoms with Gasteiger partial charge in [-0.3, -0.25) is 9.59 Å². The van der Waals surface area contributed by atoms with Crippen LogP contribution >= 0.6 is 0 Å². The molecule has 0 unspecified atom stereocenters. The van der Waals surface area contributed by atoms with Crippen molar-refractivity contribution >= 4 is 22.5 Å². The van der Waals surface area contributed by atoms with Crippen LogP contribution in [-0.4, -0.2) is 37.2 Å². The van der Waals surface area contributed by atoms with E-state index in [4.69, 9.17) is 10.5 Å². The first-order valence-corrected chi connectivity index (χ1v) is 6.90. The van der Waals surface area contributed by atoms with Gasteiger partial charge in [-0.1, -0.05) is 12.1 Å². The number of hydrogen-bond donors (Lipinski definition) is 2. The van der Waals surface area contributed by atoms with Gasteiger partial charge in [-0.25, -0.2) is 0 Å². The molecule has 0 aliphatic carbocycles. The molecule has 6 heteroatoms. The Morgan fingerprint density at radius 1 is 1.29 bits per heavy atom. The second kappa shape index (κ2) is 5.57. The highest BCUT2D eigenvalue weighted by Gasteiger charge is 2.15. The number of aromatic nitrogens is 1. The van der Waals surface area contributed by atoms with Crippen LogP contribution in [0, 0.1) is 0 Å². The number of anilines is 1. The molecule has 0 radical (unpaired) electrons. The van der Waals surface area contributed by atoms with Crippen LogP contribution in [0.5, 0.6) is 0 Å². The van der Waals surface area contributed by atoms with Crippen LogP contribution in [-0.2, 0) is 16.0 Å². The number of H-pyrrole nitrogens is 1. The van der Waals surface area contributed by atoms with Crippen molar-refractivity contribution in [3.63, 3.8) is 0 Å². The summed E-state index contributed by atoms with van der Waals surface area (Å²) in [7, 11) is 0. The first kappa shape index (κ1) is 13.6. The Hall–Kier alpha value is -2.34. The van der Waals surface area contributed by atoms with Crippen LogP contribution in [0.3, 0.4) is 0 Å². The molecular formula is C15H17N3O3. The van der Waals surface area contributed by atoms with Crippen molar-refractivity contribution in [2.45, 2.75) is 6.42 Å². The summed E-state index contributed by atoms with van der Waals surface area (Å²) in [6.45, 7) is 2.70. The Morgan fingerprint density at radius 3 is 2.76 bits per heavy atom. The second-order valence-corrected chi connectivity index (χ2v) is 5.15. The van der Waals surface area contributed by atoms with E-state index in [-0.39, 0.29) is 17.9 Å². The van der Waals surface area contributed by atoms with Crippen molar-refractivity contribution in [1.82, 2.24) is 4.98 Å². The minimum absolute atomic E-state index is 0.124. The minimum Gasteiger partial charge on any atom is -0.378 e. The molecule has 110 valence electrons. The van der Waals surface area contributed by atoms with E-state index in [0.717, 1.165) is 16.5 Å². The summed E-state index contributed by atoms with van der Waals surface area (Å²) >= 11 is 0. The lowest BCUT2D eigenvalue weighted by molar-refractivity contribution is -0.117. The number of nitrogens with zero attached hydrogens (tertiary/aromatic N) is 1. The molecule has 6 nitrogen and oxygen atoms in total. The van der Waals surface area contributed by atoms with Crippen LogP contribution in [0.4, 0.5) is 5.69 Å². The van der Waals surface area contributed by atoms with Crippen LogP contribution in [0.1, 0.15) is 5.56 Å². The zero-order chi connectivity index (χ0) is 14.8. The Balaban J connectivity index is 1.99. The zero-order valence-electron chi connectivity index (χ0n) is 11.6. The van der Waals surface area contributed by atoms with Gasteiger partial charge in [0.15, 0.2) is 0 Å². The summed E-state index contributed by atoms with van der Waals surface area (Å²) < 4.78 is 5.30. The van der Waals surface area contributed by atoms with Gasteiger partial charge < -0.3 is 20.4 Å². The fourth-order valence-corrected chi connectivity index (χ4v) is 2.59. The summed E-state index contributed by atoms with van der Waals surface area (Å²) in [5.41, 5.74) is 7.24. The van der Waals surface area contributed by atoms with Crippen molar-refractivity contribution in [1.29, 1.82) is 0 Å². The van der Waals surface area contributed by atoms with Crippen molar-refractivity contribution in [2.75, 3.05) is 31.2 Å². The maximum Gasteiger partial charge on any atom is 0.271 e. The normalized spacial score (nSPS) is 15.3. The zero-order valence-corrected chi connectivity index (χ0v) is 11.6. The van der Waals surface area contributed by atoms with E-state index in [1.165, 1.54) is 0 Å². The lowest BCUT2D eigenvalue weighted by Crippen LogP contribution is -2.39. The van der Waals surface area contributed by atoms with Crippen LogP contribution in [0.2, 0.25) is 0 Å². The Labute approximate surface area is 121 Å². The number of carbonyl (C=O) groups is 1. The fourth-order valence-electron chi connectivity index (χ4n) is 2.59. The number of fused-ring (bicyclic) bond motifs is 1. The van der Waals surface area contributed by atoms with Crippen LogP contribution < -0.4 is 16.2 Å². The number of benzene rings is 1. The maximum atomic E-state index is 12.2. The van der Waals surface area contributed by atoms with Crippen molar-refractivity contribution in [3.8, 4) is 0 Å². The molecule has 0 spiro atoms. The van der Waals surface area contributed by atoms with Gasteiger partial charge in [-0.15, -0.1) is 0 Å². The number of pyridine rings is 1. The number of hydrogen-bond acceptors (Lipinski definition) is 4. The maximum absolute atomic E-state index is 12.2. The largest absolute Gasteiger partial charge is 0.378 e. The van der Waals surface area contributed by atoms with Crippen molar-refractivity contribution in [3.05, 3.63) is 40.2 Å². The third-order valence-corrected chi connectivity index (χ3v) is 3.62. The highest BCUT2D eigenvalue weighted by atomic mass is 16.5. The standard InChI is InChI=1S/C15H17N3O3/c16-14(19)8-10-1-2-11-9-13(15(20)17-12(11)7-10)18-3-5-21-6-4-18/h1-2,7,9H,3-6,8H2,(H2,16,19)(H,17,20). The summed E-state index contributed by atoms with van der Waals surface area (Å²) in [5.74, 6) is -0.387. The van der Waals surface area contributed by atoms with Crippen LogP contribution in [0.15, 0.2) is 29.1 Å². The highest BCUT2D eigenvalue weighted by molar-refractivity contribution is 5.84. The number of nitrogens with one attached hydrogen (secondary N) is 1. The van der Waals surface area contributed by atoms with Gasteiger partial charge >= 0.3 is 0 Å². The summed E-state index contributed by atoms with van der Waals surface area (Å²) in [4.78, 5) is 28.1. The summed E-state index contributed by atoms with van der Waals surface area (Å²) in [5, 5.41) is 0.935. The molecule has 1 saturated heterocycles. The molecule has 0 bridgehead atoms. The average molecular weight is 287 g/mol. The lowest BCUT2D eigenvalue weighted by atomic mass is 10.1. The number of ether oxygens (including phenoxy) is 1. The van der Waals surface area contributed by atoms with Crippen molar-refractivity contribution in [2.24, 2.45) is 5.73 Å². The van der Waals surface area contributed by atoms with E-state index in [2.05, 4.69) is 4.98 Å². The van der Waals surface area contributed by atoms with Crippen LogP contribution in [0.25, 0.3) is 10.9 Å². The highest BCUT2D eigenvalue weighted by Crippen LogP contribution is 2.19. The summed E-state index contributed by atoms with van der Waals surface area (Å²) in [6, 6.07) is 7.43. The molecule has 0 saturated carbocycles. The predicted molar refractivity (Wildman–Crippen MR) is 80.5 cm³/mol. The molecular weight excluding hydrogens is 270 g/mol. The SMILES string of the molecule is NC(=O)Cc1ccc2cc(N3CCOCC3)c(=O)[nH]c2c1. The number of carbonyl (C=O) groups excluding carboxylic acids is 1. The Morgan fingerprint density at radius 2 is 2.05 bits per heavy atom. The van der Waals surface area contributed by atoms with Crippen molar-refractivity contribution < 1.29 is 9.53 Å². The Kier molecular flexibility index (Phi) is 3.62. The van der Waals surface area contributed by atoms with E-state index in [1.54, 1.807) is 6.07 Å². The molecule has 1 aromatic heterocycles. The van der Waals surface area contributed by atoms with E-state index in [9.17, 15) is 9.59 Å². The van der Waals surface area contributed by atoms with Gasteiger partial charge in [-0.05, 0) is 17.7 Å². The molecule has 1 fully saturated rings. The summed E-state index contributed by atoms with van der Waals surface area (Å²) in [6.07, 6.45) is 0.170. The molecule has 1 aliphatic rings. The van der Waals surface area contributed by atoms with Gasteiger partial charge in [0.25, 0.3) is 5.56 Å². The first-order chi connectivity index (χ1) is 10.1. The molecule has 3 N–H and O–H groups in total. The topological polar surface area (TPSA) is 88.4 Å². The third-order valence-electron chi connectivity index (χ3n) is 3.62. The monoisotopic (exact) mass is 287 g/mol. The molecule has 1 amide bonds. The number of primary amides is 1. The van der Waals surface area contributed by atoms with E-state index < -0.39 is 0 Å². The van der Waals surface area contributed by atoms with Gasteiger partial charge in [0.05, 0.1) is 19.6 Å². The van der Waals surface area contributed by atoms with E-state index in [1.807, 2.05) is 23.1 Å². The van der Waals surface area contributed by atoms with Gasteiger partial charge in [0.2, 0.25) is 5.91 Å². The number of aromatic amines is 1. The fraction of sp³-hybridized carbons (Fsp3) is 0.333. The molecule has 2 aromatic rings. The van der Waals surface area contributed by atoms with E-state index >= 15 is 0 Å². The first-order valence-electron chi connectivity index (χ1n) is 6.90. The van der Waals surface area contributed by atoms with Gasteiger partial charge in [-0.2, -0.15) is 0 Å². The quantitative estimate of drug-likeness (QED) is 0.855. The minimum atomic E-state index is -0.387. The molecule has 3 rings (SSSR count). The molecule has 2 heterocycles. The molecule has 1 aromatic carbocycles. The average Bonchev–Trinajstić information content (AvgIpc) is 2.46. The third kappa shape index (κ3) is 2.90.